The second kappa shape index (κ2) is 10.2. The molecule has 5 nitrogen and oxygen atoms in total. The maximum absolute atomic E-state index is 12.1. The SMILES string of the molecule is CCOCCC1(CN=C(N)Nc2ccc(OC(F)(F)F)cc2)CCC1.I. The van der Waals surface area contributed by atoms with Crippen LogP contribution in [0.15, 0.2) is 29.3 Å². The molecule has 0 heterocycles. The fraction of sp³-hybridized carbons (Fsp3) is 0.588. The number of aliphatic imine (C=N–C) groups is 1. The van der Waals surface area contributed by atoms with Gasteiger partial charge in [0.15, 0.2) is 5.96 Å². The summed E-state index contributed by atoms with van der Waals surface area (Å²) in [6.45, 7) is 4.02. The normalized spacial score (nSPS) is 16.4. The molecule has 3 N–H and O–H groups in total. The number of anilines is 1. The van der Waals surface area contributed by atoms with E-state index in [9.17, 15) is 13.2 Å². The molecule has 9 heteroatoms. The van der Waals surface area contributed by atoms with E-state index in [-0.39, 0.29) is 41.1 Å². The topological polar surface area (TPSA) is 68.9 Å². The van der Waals surface area contributed by atoms with Gasteiger partial charge in [0.1, 0.15) is 5.75 Å². The molecule has 26 heavy (non-hydrogen) atoms. The number of ether oxygens (including phenoxy) is 2. The Balaban J connectivity index is 0.00000338. The van der Waals surface area contributed by atoms with Crippen LogP contribution < -0.4 is 15.8 Å². The van der Waals surface area contributed by atoms with Gasteiger partial charge in [-0.1, -0.05) is 6.42 Å². The van der Waals surface area contributed by atoms with Crippen molar-refractivity contribution in [3.05, 3.63) is 24.3 Å². The van der Waals surface area contributed by atoms with Crippen molar-refractivity contribution in [3.63, 3.8) is 0 Å². The highest BCUT2D eigenvalue weighted by atomic mass is 127. The summed E-state index contributed by atoms with van der Waals surface area (Å²) in [6.07, 6.45) is -0.328. The first-order chi connectivity index (χ1) is 11.8. The lowest BCUT2D eigenvalue weighted by molar-refractivity contribution is -0.274. The Morgan fingerprint density at radius 2 is 1.92 bits per heavy atom. The van der Waals surface area contributed by atoms with Crippen LogP contribution in [-0.2, 0) is 4.74 Å². The molecule has 0 amide bonds. The summed E-state index contributed by atoms with van der Waals surface area (Å²) in [6, 6.07) is 5.35. The predicted molar refractivity (Wildman–Crippen MR) is 106 cm³/mol. The summed E-state index contributed by atoms with van der Waals surface area (Å²) in [5, 5.41) is 2.88. The Morgan fingerprint density at radius 1 is 1.27 bits per heavy atom. The van der Waals surface area contributed by atoms with E-state index in [0.717, 1.165) is 25.9 Å². The van der Waals surface area contributed by atoms with Crippen LogP contribution in [0.2, 0.25) is 0 Å². The first-order valence-electron chi connectivity index (χ1n) is 8.32. The Labute approximate surface area is 168 Å². The molecular weight excluding hydrogens is 462 g/mol. The number of hydrogen-bond acceptors (Lipinski definition) is 3. The van der Waals surface area contributed by atoms with Crippen LogP contribution in [0.25, 0.3) is 0 Å². The zero-order valence-corrected chi connectivity index (χ0v) is 17.0. The van der Waals surface area contributed by atoms with Crippen molar-refractivity contribution in [1.29, 1.82) is 0 Å². The van der Waals surface area contributed by atoms with Gasteiger partial charge in [0.25, 0.3) is 0 Å². The molecule has 0 radical (unpaired) electrons. The van der Waals surface area contributed by atoms with Crippen LogP contribution in [-0.4, -0.2) is 32.1 Å². The number of rotatable bonds is 8. The summed E-state index contributed by atoms with van der Waals surface area (Å²) in [4.78, 5) is 4.39. The molecule has 0 aliphatic heterocycles. The molecule has 0 unspecified atom stereocenters. The highest BCUT2D eigenvalue weighted by Crippen LogP contribution is 2.44. The number of alkyl halides is 3. The third-order valence-electron chi connectivity index (χ3n) is 4.34. The van der Waals surface area contributed by atoms with E-state index in [1.807, 2.05) is 6.92 Å². The van der Waals surface area contributed by atoms with Crippen molar-refractivity contribution in [3.8, 4) is 5.75 Å². The van der Waals surface area contributed by atoms with Gasteiger partial charge in [0.2, 0.25) is 0 Å². The van der Waals surface area contributed by atoms with E-state index in [4.69, 9.17) is 10.5 Å². The van der Waals surface area contributed by atoms with Crippen LogP contribution in [0, 0.1) is 5.41 Å². The standard InChI is InChI=1S/C17H24F3N3O2.HI/c1-2-24-11-10-16(8-3-9-16)12-22-15(21)23-13-4-6-14(7-5-13)25-17(18,19)20;/h4-7H,2-3,8-12H2,1H3,(H3,21,22,23);1H. The summed E-state index contributed by atoms with van der Waals surface area (Å²) >= 11 is 0. The number of nitrogens with zero attached hydrogens (tertiary/aromatic N) is 1. The number of nitrogens with one attached hydrogen (secondary N) is 1. The Kier molecular flexibility index (Phi) is 8.94. The van der Waals surface area contributed by atoms with Crippen LogP contribution in [0.1, 0.15) is 32.6 Å². The molecule has 0 aromatic heterocycles. The molecule has 0 atom stereocenters. The van der Waals surface area contributed by atoms with Crippen LogP contribution in [0.5, 0.6) is 5.75 Å². The number of nitrogens with two attached hydrogens (primary N) is 1. The van der Waals surface area contributed by atoms with E-state index in [2.05, 4.69) is 15.0 Å². The minimum absolute atomic E-state index is 0. The van der Waals surface area contributed by atoms with Crippen molar-refractivity contribution in [1.82, 2.24) is 0 Å². The molecule has 2 rings (SSSR count). The van der Waals surface area contributed by atoms with Gasteiger partial charge >= 0.3 is 6.36 Å². The van der Waals surface area contributed by atoms with Crippen molar-refractivity contribution < 1.29 is 22.6 Å². The van der Waals surface area contributed by atoms with Gasteiger partial charge in [-0.3, -0.25) is 4.99 Å². The highest BCUT2D eigenvalue weighted by Gasteiger charge is 2.36. The minimum atomic E-state index is -4.70. The van der Waals surface area contributed by atoms with E-state index in [1.165, 1.54) is 30.7 Å². The van der Waals surface area contributed by atoms with Gasteiger partial charge in [-0.05, 0) is 55.9 Å². The van der Waals surface area contributed by atoms with Gasteiger partial charge in [-0.15, -0.1) is 37.1 Å². The molecule has 148 valence electrons. The largest absolute Gasteiger partial charge is 0.573 e. The summed E-state index contributed by atoms with van der Waals surface area (Å²) < 4.78 is 45.6. The monoisotopic (exact) mass is 487 g/mol. The van der Waals surface area contributed by atoms with Gasteiger partial charge in [-0.25, -0.2) is 0 Å². The minimum Gasteiger partial charge on any atom is -0.406 e. The fourth-order valence-electron chi connectivity index (χ4n) is 2.78. The highest BCUT2D eigenvalue weighted by molar-refractivity contribution is 14.0. The molecular formula is C17H25F3IN3O2. The number of guanidine groups is 1. The lowest BCUT2D eigenvalue weighted by Crippen LogP contribution is -2.35. The molecule has 1 aromatic rings. The molecule has 1 aromatic carbocycles. The molecule has 0 bridgehead atoms. The molecule has 1 aliphatic rings. The van der Waals surface area contributed by atoms with Crippen LogP contribution in [0.3, 0.4) is 0 Å². The predicted octanol–water partition coefficient (Wildman–Crippen LogP) is 4.53. The van der Waals surface area contributed by atoms with Crippen molar-refractivity contribution in [2.75, 3.05) is 25.1 Å². The lowest BCUT2D eigenvalue weighted by atomic mass is 9.67. The van der Waals surface area contributed by atoms with Crippen molar-refractivity contribution in [2.45, 2.75) is 39.0 Å². The summed E-state index contributed by atoms with van der Waals surface area (Å²) in [5.74, 6) is -0.0370. The molecule has 1 fully saturated rings. The first kappa shape index (κ1) is 22.8. The molecule has 0 saturated heterocycles. The molecule has 0 spiro atoms. The molecule has 1 aliphatic carbocycles. The van der Waals surface area contributed by atoms with E-state index in [1.54, 1.807) is 0 Å². The number of hydrogen-bond donors (Lipinski definition) is 2. The Hall–Kier alpha value is -1.23. The second-order valence-corrected chi connectivity index (χ2v) is 6.20. The lowest BCUT2D eigenvalue weighted by Gasteiger charge is -2.40. The van der Waals surface area contributed by atoms with E-state index in [0.29, 0.717) is 18.8 Å². The quantitative estimate of drug-likeness (QED) is 0.245. The summed E-state index contributed by atoms with van der Waals surface area (Å²) in [5.41, 5.74) is 6.59. The van der Waals surface area contributed by atoms with Crippen LogP contribution >= 0.6 is 24.0 Å². The fourth-order valence-corrected chi connectivity index (χ4v) is 2.78. The third kappa shape index (κ3) is 7.56. The number of benzene rings is 1. The molecule has 1 saturated carbocycles. The average Bonchev–Trinajstić information content (AvgIpc) is 2.50. The average molecular weight is 487 g/mol. The van der Waals surface area contributed by atoms with E-state index >= 15 is 0 Å². The van der Waals surface area contributed by atoms with Crippen molar-refractivity contribution in [2.24, 2.45) is 16.1 Å². The maximum Gasteiger partial charge on any atom is 0.573 e. The van der Waals surface area contributed by atoms with Gasteiger partial charge in [-0.2, -0.15) is 0 Å². The van der Waals surface area contributed by atoms with Crippen molar-refractivity contribution >= 4 is 35.6 Å². The Morgan fingerprint density at radius 3 is 2.42 bits per heavy atom. The zero-order valence-electron chi connectivity index (χ0n) is 14.6. The van der Waals surface area contributed by atoms with E-state index < -0.39 is 6.36 Å². The smallest absolute Gasteiger partial charge is 0.406 e. The Bertz CT molecular complexity index is 576. The van der Waals surface area contributed by atoms with Gasteiger partial charge in [0, 0.05) is 25.4 Å². The summed E-state index contributed by atoms with van der Waals surface area (Å²) in [7, 11) is 0. The third-order valence-corrected chi connectivity index (χ3v) is 4.34. The zero-order chi connectivity index (χ0) is 18.3. The maximum atomic E-state index is 12.1. The second-order valence-electron chi connectivity index (χ2n) is 6.20. The number of halogens is 4. The van der Waals surface area contributed by atoms with Crippen LogP contribution in [0.4, 0.5) is 18.9 Å². The first-order valence-corrected chi connectivity index (χ1v) is 8.32. The van der Waals surface area contributed by atoms with Gasteiger partial charge in [0.05, 0.1) is 0 Å². The van der Waals surface area contributed by atoms with Gasteiger partial charge < -0.3 is 20.5 Å².